The molecule has 1 heterocycles. The maximum Gasteiger partial charge on any atom is 0.217 e. The second kappa shape index (κ2) is 4.99. The molecular formula is C10H5Cl2FN2S. The lowest BCUT2D eigenvalue weighted by Gasteiger charge is -2.03. The number of hydrogen-bond donors (Lipinski definition) is 0. The fourth-order valence-electron chi connectivity index (χ4n) is 1.04. The van der Waals surface area contributed by atoms with E-state index in [-0.39, 0.29) is 0 Å². The molecule has 2 aromatic rings. The zero-order chi connectivity index (χ0) is 11.5. The molecule has 6 heteroatoms. The molecular weight excluding hydrogens is 270 g/mol. The van der Waals surface area contributed by atoms with Gasteiger partial charge >= 0.3 is 0 Å². The highest BCUT2D eigenvalue weighted by Crippen LogP contribution is 2.33. The molecule has 1 aromatic heterocycles. The van der Waals surface area contributed by atoms with E-state index in [0.717, 1.165) is 11.2 Å². The Morgan fingerprint density at radius 2 is 1.94 bits per heavy atom. The molecule has 0 radical (unpaired) electrons. The minimum absolute atomic E-state index is 0.483. The van der Waals surface area contributed by atoms with Crippen molar-refractivity contribution in [3.8, 4) is 0 Å². The van der Waals surface area contributed by atoms with Gasteiger partial charge in [-0.1, -0.05) is 35.0 Å². The summed E-state index contributed by atoms with van der Waals surface area (Å²) in [5.41, 5.74) is 0. The summed E-state index contributed by atoms with van der Waals surface area (Å²) >= 11 is 13.0. The lowest BCUT2D eigenvalue weighted by atomic mass is 10.4. The molecule has 0 amide bonds. The van der Waals surface area contributed by atoms with Crippen LogP contribution in [0.5, 0.6) is 0 Å². The highest BCUT2D eigenvalue weighted by atomic mass is 35.5. The van der Waals surface area contributed by atoms with Gasteiger partial charge in [0.15, 0.2) is 0 Å². The Morgan fingerprint density at radius 1 is 1.12 bits per heavy atom. The van der Waals surface area contributed by atoms with E-state index in [1.807, 2.05) is 0 Å². The highest BCUT2D eigenvalue weighted by Gasteiger charge is 2.05. The van der Waals surface area contributed by atoms with Crippen molar-refractivity contribution < 1.29 is 4.39 Å². The van der Waals surface area contributed by atoms with Gasteiger partial charge in [0.1, 0.15) is 11.4 Å². The smallest absolute Gasteiger partial charge is 0.217 e. The molecule has 2 nitrogen and oxygen atoms in total. The average molecular weight is 275 g/mol. The summed E-state index contributed by atoms with van der Waals surface area (Å²) in [6.45, 7) is 0. The van der Waals surface area contributed by atoms with Gasteiger partial charge in [0, 0.05) is 16.0 Å². The van der Waals surface area contributed by atoms with Crippen molar-refractivity contribution in [2.75, 3.05) is 0 Å². The first-order valence-electron chi connectivity index (χ1n) is 4.25. The van der Waals surface area contributed by atoms with Gasteiger partial charge in [-0.3, -0.25) is 0 Å². The van der Waals surface area contributed by atoms with E-state index in [1.165, 1.54) is 17.8 Å². The molecule has 1 aromatic carbocycles. The Morgan fingerprint density at radius 3 is 2.69 bits per heavy atom. The zero-order valence-electron chi connectivity index (χ0n) is 7.82. The third-order valence-corrected chi connectivity index (χ3v) is 3.38. The average Bonchev–Trinajstić information content (AvgIpc) is 2.24. The van der Waals surface area contributed by atoms with Crippen molar-refractivity contribution >= 4 is 35.0 Å². The molecule has 0 bridgehead atoms. The molecule has 0 atom stereocenters. The van der Waals surface area contributed by atoms with Crippen LogP contribution in [0.1, 0.15) is 0 Å². The first-order chi connectivity index (χ1) is 7.65. The number of aromatic nitrogens is 2. The van der Waals surface area contributed by atoms with Crippen LogP contribution in [0.4, 0.5) is 4.39 Å². The molecule has 0 aliphatic carbocycles. The van der Waals surface area contributed by atoms with Crippen LogP contribution in [0.25, 0.3) is 0 Å². The van der Waals surface area contributed by atoms with E-state index < -0.39 is 5.95 Å². The van der Waals surface area contributed by atoms with E-state index >= 15 is 0 Å². The van der Waals surface area contributed by atoms with Gasteiger partial charge in [-0.2, -0.15) is 4.39 Å². The van der Waals surface area contributed by atoms with Crippen molar-refractivity contribution in [3.63, 3.8) is 0 Å². The summed E-state index contributed by atoms with van der Waals surface area (Å²) in [6, 6.07) is 6.31. The molecule has 0 N–H and O–H groups in total. The number of rotatable bonds is 2. The summed E-state index contributed by atoms with van der Waals surface area (Å²) in [5.74, 6) is -0.573. The second-order valence-corrected chi connectivity index (χ2v) is 4.76. The molecule has 0 spiro atoms. The molecule has 0 aliphatic rings. The summed E-state index contributed by atoms with van der Waals surface area (Å²) in [7, 11) is 0. The SMILES string of the molecule is Fc1cc(Sc2cc(Cl)ccc2Cl)ncn1. The van der Waals surface area contributed by atoms with Gasteiger partial charge in [-0.25, -0.2) is 9.97 Å². The molecule has 0 aliphatic heterocycles. The molecule has 82 valence electrons. The van der Waals surface area contributed by atoms with Gasteiger partial charge in [0.05, 0.1) is 5.02 Å². The normalized spacial score (nSPS) is 10.4. The summed E-state index contributed by atoms with van der Waals surface area (Å²) in [4.78, 5) is 8.02. The van der Waals surface area contributed by atoms with Gasteiger partial charge in [0.2, 0.25) is 5.95 Å². The third kappa shape index (κ3) is 2.84. The maximum atomic E-state index is 12.8. The number of benzene rings is 1. The van der Waals surface area contributed by atoms with E-state index in [9.17, 15) is 4.39 Å². The van der Waals surface area contributed by atoms with Crippen LogP contribution in [0.2, 0.25) is 10.0 Å². The topological polar surface area (TPSA) is 25.8 Å². The van der Waals surface area contributed by atoms with Crippen LogP contribution in [-0.4, -0.2) is 9.97 Å². The minimum Gasteiger partial charge on any atom is -0.229 e. The first-order valence-corrected chi connectivity index (χ1v) is 5.83. The quantitative estimate of drug-likeness (QED) is 0.772. The summed E-state index contributed by atoms with van der Waals surface area (Å²) in [5, 5.41) is 1.60. The van der Waals surface area contributed by atoms with Crippen LogP contribution in [0, 0.1) is 5.95 Å². The Bertz CT molecular complexity index is 522. The predicted octanol–water partition coefficient (Wildman–Crippen LogP) is 4.07. The Kier molecular flexibility index (Phi) is 3.63. The van der Waals surface area contributed by atoms with E-state index in [4.69, 9.17) is 23.2 Å². The van der Waals surface area contributed by atoms with Crippen molar-refractivity contribution in [2.24, 2.45) is 0 Å². The molecule has 0 unspecified atom stereocenters. The van der Waals surface area contributed by atoms with Crippen molar-refractivity contribution in [1.82, 2.24) is 9.97 Å². The number of hydrogen-bond acceptors (Lipinski definition) is 3. The Hall–Kier alpha value is -0.840. The van der Waals surface area contributed by atoms with E-state index in [2.05, 4.69) is 9.97 Å². The lowest BCUT2D eigenvalue weighted by molar-refractivity contribution is 0.572. The number of nitrogens with zero attached hydrogens (tertiary/aromatic N) is 2. The van der Waals surface area contributed by atoms with Crippen LogP contribution in [0.15, 0.2) is 40.5 Å². The van der Waals surface area contributed by atoms with Gasteiger partial charge < -0.3 is 0 Å². The van der Waals surface area contributed by atoms with Gasteiger partial charge in [0.25, 0.3) is 0 Å². The molecule has 16 heavy (non-hydrogen) atoms. The van der Waals surface area contributed by atoms with Crippen molar-refractivity contribution in [2.45, 2.75) is 9.92 Å². The molecule has 2 rings (SSSR count). The van der Waals surface area contributed by atoms with Crippen LogP contribution in [-0.2, 0) is 0 Å². The standard InChI is InChI=1S/C10H5Cl2FN2S/c11-6-1-2-7(12)8(3-6)16-10-4-9(13)14-5-15-10/h1-5H. The largest absolute Gasteiger partial charge is 0.229 e. The predicted molar refractivity (Wildman–Crippen MR) is 62.6 cm³/mol. The Balaban J connectivity index is 2.30. The van der Waals surface area contributed by atoms with Crippen LogP contribution >= 0.6 is 35.0 Å². The molecule has 0 fully saturated rings. The highest BCUT2D eigenvalue weighted by molar-refractivity contribution is 7.99. The molecule has 0 saturated heterocycles. The second-order valence-electron chi connectivity index (χ2n) is 2.86. The van der Waals surface area contributed by atoms with Gasteiger partial charge in [-0.15, -0.1) is 0 Å². The van der Waals surface area contributed by atoms with Crippen LogP contribution in [0.3, 0.4) is 0 Å². The van der Waals surface area contributed by atoms with E-state index in [1.54, 1.807) is 18.2 Å². The lowest BCUT2D eigenvalue weighted by Crippen LogP contribution is -1.86. The van der Waals surface area contributed by atoms with E-state index in [0.29, 0.717) is 15.1 Å². The molecule has 0 saturated carbocycles. The fourth-order valence-corrected chi connectivity index (χ4v) is 2.34. The minimum atomic E-state index is -0.573. The van der Waals surface area contributed by atoms with Crippen molar-refractivity contribution in [3.05, 3.63) is 46.6 Å². The zero-order valence-corrected chi connectivity index (χ0v) is 10.2. The summed E-state index contributed by atoms with van der Waals surface area (Å²) in [6.07, 6.45) is 1.16. The maximum absolute atomic E-state index is 12.8. The monoisotopic (exact) mass is 274 g/mol. The number of halogens is 3. The van der Waals surface area contributed by atoms with Crippen molar-refractivity contribution in [1.29, 1.82) is 0 Å². The third-order valence-electron chi connectivity index (χ3n) is 1.72. The summed E-state index contributed by atoms with van der Waals surface area (Å²) < 4.78 is 12.8. The fraction of sp³-hybridized carbons (Fsp3) is 0. The van der Waals surface area contributed by atoms with Crippen LogP contribution < -0.4 is 0 Å². The first kappa shape index (κ1) is 11.6. The van der Waals surface area contributed by atoms with Gasteiger partial charge in [-0.05, 0) is 18.2 Å². The Labute approximate surface area is 106 Å².